The standard InChI is InChI=1S/C14H17NSi/c1-12(11-15)14-7-5-6-13(10-14)8-9-16(2,3)4/h5-7,10,12H,1-4H3. The molecule has 1 nitrogen and oxygen atoms in total. The highest BCUT2D eigenvalue weighted by Gasteiger charge is 2.08. The lowest BCUT2D eigenvalue weighted by Crippen LogP contribution is -2.16. The lowest BCUT2D eigenvalue weighted by Gasteiger charge is -2.05. The third-order valence-electron chi connectivity index (χ3n) is 2.16. The van der Waals surface area contributed by atoms with E-state index in [9.17, 15) is 0 Å². The summed E-state index contributed by atoms with van der Waals surface area (Å²) in [6.07, 6.45) is 0. The molecule has 1 rings (SSSR count). The van der Waals surface area contributed by atoms with Crippen LogP contribution in [-0.2, 0) is 0 Å². The summed E-state index contributed by atoms with van der Waals surface area (Å²) in [4.78, 5) is 0. The van der Waals surface area contributed by atoms with Crippen LogP contribution in [-0.4, -0.2) is 8.07 Å². The van der Waals surface area contributed by atoms with Gasteiger partial charge in [0.1, 0.15) is 8.07 Å². The minimum Gasteiger partial charge on any atom is -0.198 e. The van der Waals surface area contributed by atoms with E-state index in [0.717, 1.165) is 11.1 Å². The predicted octanol–water partition coefficient (Wildman–Crippen LogP) is 3.54. The molecule has 0 spiro atoms. The van der Waals surface area contributed by atoms with Gasteiger partial charge in [-0.05, 0) is 24.6 Å². The summed E-state index contributed by atoms with van der Waals surface area (Å²) < 4.78 is 0. The van der Waals surface area contributed by atoms with Crippen molar-refractivity contribution >= 4 is 8.07 Å². The summed E-state index contributed by atoms with van der Waals surface area (Å²) >= 11 is 0. The molecule has 0 aliphatic heterocycles. The van der Waals surface area contributed by atoms with Crippen molar-refractivity contribution in [3.8, 4) is 17.5 Å². The second-order valence-corrected chi connectivity index (χ2v) is 9.73. The monoisotopic (exact) mass is 227 g/mol. The van der Waals surface area contributed by atoms with Crippen LogP contribution in [0.25, 0.3) is 0 Å². The van der Waals surface area contributed by atoms with Crippen molar-refractivity contribution in [1.29, 1.82) is 5.26 Å². The van der Waals surface area contributed by atoms with Gasteiger partial charge in [0, 0.05) is 5.56 Å². The minimum absolute atomic E-state index is 0.0615. The van der Waals surface area contributed by atoms with Crippen LogP contribution in [0.3, 0.4) is 0 Å². The molecule has 0 amide bonds. The maximum absolute atomic E-state index is 8.86. The summed E-state index contributed by atoms with van der Waals surface area (Å²) in [6.45, 7) is 8.58. The Morgan fingerprint density at radius 3 is 2.50 bits per heavy atom. The maximum atomic E-state index is 8.86. The van der Waals surface area contributed by atoms with E-state index in [-0.39, 0.29) is 5.92 Å². The first kappa shape index (κ1) is 12.6. The van der Waals surface area contributed by atoms with Gasteiger partial charge in [0.15, 0.2) is 0 Å². The van der Waals surface area contributed by atoms with Gasteiger partial charge in [0.05, 0.1) is 12.0 Å². The van der Waals surface area contributed by atoms with E-state index in [1.807, 2.05) is 31.2 Å². The third-order valence-corrected chi connectivity index (χ3v) is 3.04. The number of hydrogen-bond acceptors (Lipinski definition) is 1. The normalized spacial score (nSPS) is 12.2. The number of benzene rings is 1. The average molecular weight is 227 g/mol. The number of hydrogen-bond donors (Lipinski definition) is 0. The van der Waals surface area contributed by atoms with Gasteiger partial charge >= 0.3 is 0 Å². The highest BCUT2D eigenvalue weighted by atomic mass is 28.3. The molecule has 1 aromatic carbocycles. The third kappa shape index (κ3) is 3.93. The fourth-order valence-electron chi connectivity index (χ4n) is 1.22. The van der Waals surface area contributed by atoms with Gasteiger partial charge in [-0.25, -0.2) is 0 Å². The molecule has 0 saturated heterocycles. The lowest BCUT2D eigenvalue weighted by atomic mass is 10.0. The zero-order valence-corrected chi connectivity index (χ0v) is 11.3. The molecular formula is C14H17NSi. The van der Waals surface area contributed by atoms with E-state index < -0.39 is 8.07 Å². The summed E-state index contributed by atoms with van der Waals surface area (Å²) in [5.41, 5.74) is 5.39. The van der Waals surface area contributed by atoms with Crippen molar-refractivity contribution < 1.29 is 0 Å². The van der Waals surface area contributed by atoms with Crippen LogP contribution >= 0.6 is 0 Å². The second kappa shape index (κ2) is 5.01. The molecule has 0 aliphatic carbocycles. The van der Waals surface area contributed by atoms with Crippen LogP contribution in [0.2, 0.25) is 19.6 Å². The lowest BCUT2D eigenvalue weighted by molar-refractivity contribution is 0.981. The van der Waals surface area contributed by atoms with Crippen molar-refractivity contribution in [3.63, 3.8) is 0 Å². The zero-order chi connectivity index (χ0) is 12.2. The van der Waals surface area contributed by atoms with Gasteiger partial charge in [-0.2, -0.15) is 5.26 Å². The molecule has 0 N–H and O–H groups in total. The Hall–Kier alpha value is -1.51. The smallest absolute Gasteiger partial charge is 0.129 e. The fourth-order valence-corrected chi connectivity index (χ4v) is 1.74. The molecule has 0 radical (unpaired) electrons. The van der Waals surface area contributed by atoms with Crippen molar-refractivity contribution in [3.05, 3.63) is 35.4 Å². The van der Waals surface area contributed by atoms with E-state index in [2.05, 4.69) is 37.2 Å². The Morgan fingerprint density at radius 2 is 1.94 bits per heavy atom. The average Bonchev–Trinajstić information content (AvgIpc) is 2.25. The van der Waals surface area contributed by atoms with Crippen molar-refractivity contribution in [1.82, 2.24) is 0 Å². The largest absolute Gasteiger partial charge is 0.198 e. The molecule has 1 aromatic rings. The van der Waals surface area contributed by atoms with Crippen molar-refractivity contribution in [2.75, 3.05) is 0 Å². The summed E-state index contributed by atoms with van der Waals surface area (Å²) in [7, 11) is -1.32. The molecule has 0 aromatic heterocycles. The molecule has 0 fully saturated rings. The van der Waals surface area contributed by atoms with E-state index in [1.165, 1.54) is 0 Å². The molecule has 0 bridgehead atoms. The molecule has 2 heteroatoms. The Morgan fingerprint density at radius 1 is 1.25 bits per heavy atom. The SMILES string of the molecule is CC(C#N)c1cccc(C#C[Si](C)(C)C)c1. The molecule has 0 saturated carbocycles. The van der Waals surface area contributed by atoms with Crippen LogP contribution in [0.1, 0.15) is 24.0 Å². The first-order chi connectivity index (χ1) is 7.42. The highest BCUT2D eigenvalue weighted by molar-refractivity contribution is 6.83. The van der Waals surface area contributed by atoms with Gasteiger partial charge in [0.25, 0.3) is 0 Å². The first-order valence-corrected chi connectivity index (χ1v) is 8.95. The molecule has 0 heterocycles. The van der Waals surface area contributed by atoms with Crippen LogP contribution < -0.4 is 0 Å². The van der Waals surface area contributed by atoms with E-state index >= 15 is 0 Å². The van der Waals surface area contributed by atoms with Crippen LogP contribution in [0.5, 0.6) is 0 Å². The minimum atomic E-state index is -1.32. The van der Waals surface area contributed by atoms with Gasteiger partial charge in [-0.3, -0.25) is 0 Å². The van der Waals surface area contributed by atoms with Crippen LogP contribution in [0.15, 0.2) is 24.3 Å². The van der Waals surface area contributed by atoms with Gasteiger partial charge in [-0.1, -0.05) is 37.7 Å². The summed E-state index contributed by atoms with van der Waals surface area (Å²) in [6, 6.07) is 10.2. The first-order valence-electron chi connectivity index (χ1n) is 5.45. The van der Waals surface area contributed by atoms with E-state index in [4.69, 9.17) is 5.26 Å². The van der Waals surface area contributed by atoms with Gasteiger partial charge in [0.2, 0.25) is 0 Å². The molecule has 82 valence electrons. The van der Waals surface area contributed by atoms with E-state index in [1.54, 1.807) is 0 Å². The van der Waals surface area contributed by atoms with Gasteiger partial charge in [-0.15, -0.1) is 5.54 Å². The molecule has 1 unspecified atom stereocenters. The topological polar surface area (TPSA) is 23.8 Å². The Bertz CT molecular complexity index is 466. The fraction of sp³-hybridized carbons (Fsp3) is 0.357. The van der Waals surface area contributed by atoms with Crippen LogP contribution in [0, 0.1) is 22.8 Å². The van der Waals surface area contributed by atoms with Crippen molar-refractivity contribution in [2.24, 2.45) is 0 Å². The molecular weight excluding hydrogens is 210 g/mol. The predicted molar refractivity (Wildman–Crippen MR) is 70.7 cm³/mol. The number of nitriles is 1. The zero-order valence-electron chi connectivity index (χ0n) is 10.3. The quantitative estimate of drug-likeness (QED) is 0.532. The maximum Gasteiger partial charge on any atom is 0.129 e. The number of nitrogens with zero attached hydrogens (tertiary/aromatic N) is 1. The molecule has 0 aliphatic rings. The Balaban J connectivity index is 3.00. The molecule has 1 atom stereocenters. The Kier molecular flexibility index (Phi) is 3.93. The summed E-state index contributed by atoms with van der Waals surface area (Å²) in [5.74, 6) is 3.14. The van der Waals surface area contributed by atoms with E-state index in [0.29, 0.717) is 0 Å². The highest BCUT2D eigenvalue weighted by Crippen LogP contribution is 2.15. The molecule has 16 heavy (non-hydrogen) atoms. The van der Waals surface area contributed by atoms with Gasteiger partial charge < -0.3 is 0 Å². The number of rotatable bonds is 1. The van der Waals surface area contributed by atoms with Crippen molar-refractivity contribution in [2.45, 2.75) is 32.5 Å². The van der Waals surface area contributed by atoms with Crippen LogP contribution in [0.4, 0.5) is 0 Å². The second-order valence-electron chi connectivity index (χ2n) is 4.98. The Labute approximate surface area is 99.1 Å². The summed E-state index contributed by atoms with van der Waals surface area (Å²) in [5, 5.41) is 8.86.